The SMILES string of the molecule is COC(=O)c1ccc2ccc3c([N+](=O)[O-])cc(C(=O)OC)c4ccc1c2c43. The maximum atomic E-state index is 12.2. The molecule has 0 fully saturated rings. The molecule has 0 saturated heterocycles. The van der Waals surface area contributed by atoms with Gasteiger partial charge in [0, 0.05) is 11.5 Å². The van der Waals surface area contributed by atoms with E-state index in [-0.39, 0.29) is 11.3 Å². The lowest BCUT2D eigenvalue weighted by molar-refractivity contribution is -0.383. The molecule has 0 N–H and O–H groups in total. The van der Waals surface area contributed by atoms with Crippen molar-refractivity contribution in [1.29, 1.82) is 0 Å². The summed E-state index contributed by atoms with van der Waals surface area (Å²) in [5.74, 6) is -1.17. The van der Waals surface area contributed by atoms with Crippen molar-refractivity contribution in [3.05, 3.63) is 63.7 Å². The Kier molecular flexibility index (Phi) is 3.66. The second kappa shape index (κ2) is 5.91. The Morgan fingerprint density at radius 1 is 0.815 bits per heavy atom. The Balaban J connectivity index is 2.28. The molecule has 0 radical (unpaired) electrons. The van der Waals surface area contributed by atoms with E-state index in [0.717, 1.165) is 5.39 Å². The van der Waals surface area contributed by atoms with Gasteiger partial charge in [0.1, 0.15) is 0 Å². The average molecular weight is 363 g/mol. The molecule has 0 aliphatic rings. The predicted molar refractivity (Wildman–Crippen MR) is 99.5 cm³/mol. The number of non-ortho nitro benzene ring substituents is 1. The van der Waals surface area contributed by atoms with E-state index in [1.807, 2.05) is 0 Å². The van der Waals surface area contributed by atoms with Gasteiger partial charge in [-0.25, -0.2) is 9.59 Å². The number of methoxy groups -OCH3 is 2. The number of esters is 2. The molecule has 7 heteroatoms. The van der Waals surface area contributed by atoms with Crippen LogP contribution in [-0.2, 0) is 9.47 Å². The largest absolute Gasteiger partial charge is 0.465 e. The van der Waals surface area contributed by atoms with Gasteiger partial charge < -0.3 is 9.47 Å². The molecule has 0 bridgehead atoms. The molecule has 4 rings (SSSR count). The summed E-state index contributed by atoms with van der Waals surface area (Å²) in [6, 6.07) is 11.4. The summed E-state index contributed by atoms with van der Waals surface area (Å²) in [5.41, 5.74) is 0.265. The topological polar surface area (TPSA) is 95.7 Å². The van der Waals surface area contributed by atoms with E-state index >= 15 is 0 Å². The molecule has 4 aromatic rings. The number of nitro groups is 1. The van der Waals surface area contributed by atoms with E-state index in [4.69, 9.17) is 9.47 Å². The molecular formula is C20H13NO6. The van der Waals surface area contributed by atoms with Crippen LogP contribution < -0.4 is 0 Å². The lowest BCUT2D eigenvalue weighted by Crippen LogP contribution is -2.06. The molecule has 134 valence electrons. The van der Waals surface area contributed by atoms with E-state index < -0.39 is 16.9 Å². The zero-order valence-electron chi connectivity index (χ0n) is 14.4. The first-order valence-electron chi connectivity index (χ1n) is 8.03. The second-order valence-corrected chi connectivity index (χ2v) is 6.04. The van der Waals surface area contributed by atoms with Crippen LogP contribution in [0.25, 0.3) is 32.3 Å². The zero-order chi connectivity index (χ0) is 19.3. The minimum absolute atomic E-state index is 0.106. The molecule has 0 heterocycles. The zero-order valence-corrected chi connectivity index (χ0v) is 14.4. The lowest BCUT2D eigenvalue weighted by atomic mass is 9.89. The van der Waals surface area contributed by atoms with Gasteiger partial charge in [-0.15, -0.1) is 0 Å². The van der Waals surface area contributed by atoms with Gasteiger partial charge in [-0.05, 0) is 33.7 Å². The normalized spacial score (nSPS) is 11.2. The third-order valence-corrected chi connectivity index (χ3v) is 4.77. The first kappa shape index (κ1) is 16.7. The maximum absolute atomic E-state index is 12.2. The van der Waals surface area contributed by atoms with Crippen LogP contribution in [0.5, 0.6) is 0 Å². The number of nitro benzene ring substituents is 1. The maximum Gasteiger partial charge on any atom is 0.338 e. The first-order chi connectivity index (χ1) is 13.0. The second-order valence-electron chi connectivity index (χ2n) is 6.04. The number of rotatable bonds is 3. The van der Waals surface area contributed by atoms with Gasteiger partial charge in [0.15, 0.2) is 0 Å². The van der Waals surface area contributed by atoms with Gasteiger partial charge in [0.25, 0.3) is 5.69 Å². The molecule has 0 atom stereocenters. The Morgan fingerprint density at radius 3 is 2.00 bits per heavy atom. The number of hydrogen-bond acceptors (Lipinski definition) is 6. The number of nitrogens with zero attached hydrogens (tertiary/aromatic N) is 1. The van der Waals surface area contributed by atoms with Crippen LogP contribution in [0.4, 0.5) is 5.69 Å². The van der Waals surface area contributed by atoms with E-state index in [2.05, 4.69) is 0 Å². The van der Waals surface area contributed by atoms with Crippen LogP contribution >= 0.6 is 0 Å². The van der Waals surface area contributed by atoms with Gasteiger partial charge in [-0.3, -0.25) is 10.1 Å². The summed E-state index contributed by atoms with van der Waals surface area (Å²) in [5, 5.41) is 15.2. The van der Waals surface area contributed by atoms with E-state index in [0.29, 0.717) is 32.5 Å². The van der Waals surface area contributed by atoms with Crippen molar-refractivity contribution >= 4 is 49.9 Å². The number of benzene rings is 4. The van der Waals surface area contributed by atoms with Gasteiger partial charge in [0.05, 0.1) is 35.7 Å². The monoisotopic (exact) mass is 363 g/mol. The van der Waals surface area contributed by atoms with Crippen molar-refractivity contribution in [3.63, 3.8) is 0 Å². The molecule has 27 heavy (non-hydrogen) atoms. The highest BCUT2D eigenvalue weighted by molar-refractivity contribution is 6.29. The fourth-order valence-electron chi connectivity index (χ4n) is 3.60. The number of carbonyl (C=O) groups excluding carboxylic acids is 2. The minimum Gasteiger partial charge on any atom is -0.465 e. The molecule has 0 aromatic heterocycles. The molecule has 0 saturated carbocycles. The quantitative estimate of drug-likeness (QED) is 0.236. The summed E-state index contributed by atoms with van der Waals surface area (Å²) >= 11 is 0. The van der Waals surface area contributed by atoms with Crippen molar-refractivity contribution in [1.82, 2.24) is 0 Å². The number of ether oxygens (including phenoxy) is 2. The van der Waals surface area contributed by atoms with Crippen LogP contribution in [0, 0.1) is 10.1 Å². The van der Waals surface area contributed by atoms with Crippen LogP contribution in [0.15, 0.2) is 42.5 Å². The highest BCUT2D eigenvalue weighted by Crippen LogP contribution is 2.41. The number of hydrogen-bond donors (Lipinski definition) is 0. The minimum atomic E-state index is -0.663. The molecule has 0 amide bonds. The smallest absolute Gasteiger partial charge is 0.338 e. The summed E-state index contributed by atoms with van der Waals surface area (Å²) in [4.78, 5) is 35.5. The van der Waals surface area contributed by atoms with E-state index in [1.165, 1.54) is 20.3 Å². The summed E-state index contributed by atoms with van der Waals surface area (Å²) in [6.07, 6.45) is 0. The summed E-state index contributed by atoms with van der Waals surface area (Å²) in [7, 11) is 2.52. The molecular weight excluding hydrogens is 350 g/mol. The van der Waals surface area contributed by atoms with E-state index in [1.54, 1.807) is 36.4 Å². The van der Waals surface area contributed by atoms with Crippen molar-refractivity contribution in [2.75, 3.05) is 14.2 Å². The van der Waals surface area contributed by atoms with Crippen molar-refractivity contribution in [2.24, 2.45) is 0 Å². The van der Waals surface area contributed by atoms with Crippen LogP contribution in [0.1, 0.15) is 20.7 Å². The fraction of sp³-hybridized carbons (Fsp3) is 0.100. The Labute approximate surface area is 152 Å². The van der Waals surface area contributed by atoms with Crippen molar-refractivity contribution < 1.29 is 24.0 Å². The van der Waals surface area contributed by atoms with Gasteiger partial charge in [-0.1, -0.05) is 24.3 Å². The van der Waals surface area contributed by atoms with Crippen LogP contribution in [-0.4, -0.2) is 31.1 Å². The Morgan fingerprint density at radius 2 is 1.37 bits per heavy atom. The third-order valence-electron chi connectivity index (χ3n) is 4.77. The summed E-state index contributed by atoms with van der Waals surface area (Å²) in [6.45, 7) is 0. The highest BCUT2D eigenvalue weighted by atomic mass is 16.6. The molecule has 0 unspecified atom stereocenters. The highest BCUT2D eigenvalue weighted by Gasteiger charge is 2.24. The van der Waals surface area contributed by atoms with Crippen molar-refractivity contribution in [2.45, 2.75) is 0 Å². The predicted octanol–water partition coefficient (Wildman–Crippen LogP) is 4.07. The lowest BCUT2D eigenvalue weighted by Gasteiger charge is -2.15. The van der Waals surface area contributed by atoms with Gasteiger partial charge in [0.2, 0.25) is 0 Å². The standard InChI is InChI=1S/C20H13NO6/c1-26-19(22)13-5-3-10-4-6-14-16(21(24)25)9-15(20(23)27-2)12-8-7-11(13)17(10)18(12)14/h3-9H,1-2H3. The Bertz CT molecular complexity index is 1260. The molecule has 0 spiro atoms. The molecule has 4 aromatic carbocycles. The van der Waals surface area contributed by atoms with Crippen LogP contribution in [0.3, 0.4) is 0 Å². The Hall–Kier alpha value is -3.74. The van der Waals surface area contributed by atoms with Gasteiger partial charge >= 0.3 is 11.9 Å². The summed E-state index contributed by atoms with van der Waals surface area (Å²) < 4.78 is 9.65. The van der Waals surface area contributed by atoms with E-state index in [9.17, 15) is 19.7 Å². The molecule has 0 aliphatic heterocycles. The average Bonchev–Trinajstić information content (AvgIpc) is 2.69. The molecule has 7 nitrogen and oxygen atoms in total. The third kappa shape index (κ3) is 2.28. The number of carbonyl (C=O) groups is 2. The van der Waals surface area contributed by atoms with Crippen LogP contribution in [0.2, 0.25) is 0 Å². The first-order valence-corrected chi connectivity index (χ1v) is 8.03. The fourth-order valence-corrected chi connectivity index (χ4v) is 3.60. The van der Waals surface area contributed by atoms with Gasteiger partial charge in [-0.2, -0.15) is 0 Å². The van der Waals surface area contributed by atoms with Crippen molar-refractivity contribution in [3.8, 4) is 0 Å². The molecule has 0 aliphatic carbocycles.